The molecule has 1 atom stereocenters. The van der Waals surface area contributed by atoms with E-state index in [4.69, 9.17) is 0 Å². The molecular weight excluding hydrogens is 214 g/mol. The van der Waals surface area contributed by atoms with E-state index in [0.29, 0.717) is 19.6 Å². The molecule has 2 N–H and O–H groups in total. The van der Waals surface area contributed by atoms with Gasteiger partial charge < -0.3 is 10.3 Å². The van der Waals surface area contributed by atoms with Crippen molar-refractivity contribution in [3.63, 3.8) is 0 Å². The average Bonchev–Trinajstić information content (AvgIpc) is 2.71. The van der Waals surface area contributed by atoms with E-state index in [1.165, 1.54) is 4.31 Å². The van der Waals surface area contributed by atoms with Crippen molar-refractivity contribution in [3.8, 4) is 0 Å². The van der Waals surface area contributed by atoms with E-state index in [2.05, 4.69) is 10.3 Å². The highest BCUT2D eigenvalue weighted by Crippen LogP contribution is 2.14. The van der Waals surface area contributed by atoms with Crippen molar-refractivity contribution >= 4 is 10.0 Å². The Morgan fingerprint density at radius 3 is 2.93 bits per heavy atom. The molecule has 5 nitrogen and oxygen atoms in total. The minimum absolute atomic E-state index is 0.212. The molecule has 1 aliphatic heterocycles. The Labute approximate surface area is 89.5 Å². The van der Waals surface area contributed by atoms with Gasteiger partial charge in [-0.15, -0.1) is 0 Å². The van der Waals surface area contributed by atoms with Gasteiger partial charge in [0.15, 0.2) is 0 Å². The van der Waals surface area contributed by atoms with E-state index in [1.807, 2.05) is 6.92 Å². The number of aromatic amines is 1. The highest BCUT2D eigenvalue weighted by Gasteiger charge is 2.28. The summed E-state index contributed by atoms with van der Waals surface area (Å²) < 4.78 is 25.6. The van der Waals surface area contributed by atoms with Crippen LogP contribution in [0, 0.1) is 0 Å². The molecule has 0 radical (unpaired) electrons. The van der Waals surface area contributed by atoms with E-state index < -0.39 is 10.0 Å². The SMILES string of the molecule is CC1CN(S(=O)(=O)c2ccc[nH]2)CCN1. The minimum Gasteiger partial charge on any atom is -0.351 e. The summed E-state index contributed by atoms with van der Waals surface area (Å²) in [4.78, 5) is 2.74. The number of sulfonamides is 1. The molecule has 1 fully saturated rings. The molecule has 84 valence electrons. The maximum Gasteiger partial charge on any atom is 0.258 e. The summed E-state index contributed by atoms with van der Waals surface area (Å²) in [5, 5.41) is 3.49. The maximum atomic E-state index is 12.1. The Hall–Kier alpha value is -0.850. The standard InChI is InChI=1S/C9H15N3O2S/c1-8-7-12(6-5-10-8)15(13,14)9-3-2-4-11-9/h2-4,8,10-11H,5-7H2,1H3. The van der Waals surface area contributed by atoms with Crippen molar-refractivity contribution in [2.75, 3.05) is 19.6 Å². The number of hydrogen-bond acceptors (Lipinski definition) is 3. The van der Waals surface area contributed by atoms with Gasteiger partial charge in [-0.3, -0.25) is 0 Å². The van der Waals surface area contributed by atoms with Crippen LogP contribution in [0.2, 0.25) is 0 Å². The molecule has 0 aromatic carbocycles. The summed E-state index contributed by atoms with van der Waals surface area (Å²) in [7, 11) is -3.31. The fourth-order valence-electron chi connectivity index (χ4n) is 1.73. The normalized spacial score (nSPS) is 24.2. The first-order chi connectivity index (χ1) is 7.10. The van der Waals surface area contributed by atoms with Gasteiger partial charge in [0.25, 0.3) is 10.0 Å². The molecule has 2 rings (SSSR count). The van der Waals surface area contributed by atoms with Crippen LogP contribution < -0.4 is 5.32 Å². The number of piperazine rings is 1. The number of H-pyrrole nitrogens is 1. The van der Waals surface area contributed by atoms with Gasteiger partial charge in [-0.25, -0.2) is 8.42 Å². The molecule has 0 bridgehead atoms. The van der Waals surface area contributed by atoms with E-state index in [0.717, 1.165) is 0 Å². The van der Waals surface area contributed by atoms with Gasteiger partial charge >= 0.3 is 0 Å². The number of nitrogens with one attached hydrogen (secondary N) is 2. The molecule has 0 saturated carbocycles. The van der Waals surface area contributed by atoms with Gasteiger partial charge in [0, 0.05) is 31.9 Å². The summed E-state index contributed by atoms with van der Waals surface area (Å²) in [5.74, 6) is 0. The maximum absolute atomic E-state index is 12.1. The lowest BCUT2D eigenvalue weighted by Crippen LogP contribution is -2.51. The third-order valence-corrected chi connectivity index (χ3v) is 4.34. The van der Waals surface area contributed by atoms with Gasteiger partial charge in [-0.05, 0) is 19.1 Å². The van der Waals surface area contributed by atoms with Crippen LogP contribution in [0.25, 0.3) is 0 Å². The van der Waals surface area contributed by atoms with Crippen molar-refractivity contribution in [1.29, 1.82) is 0 Å². The Balaban J connectivity index is 2.22. The summed E-state index contributed by atoms with van der Waals surface area (Å²) in [6, 6.07) is 3.49. The molecule has 1 aromatic rings. The fraction of sp³-hybridized carbons (Fsp3) is 0.556. The molecular formula is C9H15N3O2S. The Bertz CT molecular complexity index is 413. The lowest BCUT2D eigenvalue weighted by Gasteiger charge is -2.30. The molecule has 1 aromatic heterocycles. The zero-order chi connectivity index (χ0) is 10.9. The predicted octanol–water partition coefficient (Wildman–Crippen LogP) is -0.00290. The zero-order valence-corrected chi connectivity index (χ0v) is 9.42. The van der Waals surface area contributed by atoms with Crippen molar-refractivity contribution < 1.29 is 8.42 Å². The lowest BCUT2D eigenvalue weighted by molar-refractivity contribution is 0.309. The first kappa shape index (κ1) is 10.7. The highest BCUT2D eigenvalue weighted by atomic mass is 32.2. The molecule has 0 amide bonds. The summed E-state index contributed by atoms with van der Waals surface area (Å²) in [6.07, 6.45) is 1.62. The van der Waals surface area contributed by atoms with Gasteiger partial charge in [0.1, 0.15) is 5.03 Å². The zero-order valence-electron chi connectivity index (χ0n) is 8.60. The molecule has 2 heterocycles. The lowest BCUT2D eigenvalue weighted by atomic mass is 10.3. The fourth-order valence-corrected chi connectivity index (χ4v) is 3.23. The Morgan fingerprint density at radius 1 is 1.53 bits per heavy atom. The number of aromatic nitrogens is 1. The second-order valence-corrected chi connectivity index (χ2v) is 5.66. The number of nitrogens with zero attached hydrogens (tertiary/aromatic N) is 1. The third-order valence-electron chi connectivity index (χ3n) is 2.52. The molecule has 0 spiro atoms. The van der Waals surface area contributed by atoms with Crippen molar-refractivity contribution in [3.05, 3.63) is 18.3 Å². The Morgan fingerprint density at radius 2 is 2.33 bits per heavy atom. The second-order valence-electron chi connectivity index (χ2n) is 3.75. The van der Waals surface area contributed by atoms with Crippen LogP contribution in [0.1, 0.15) is 6.92 Å². The van der Waals surface area contributed by atoms with Crippen molar-refractivity contribution in [1.82, 2.24) is 14.6 Å². The monoisotopic (exact) mass is 229 g/mol. The quantitative estimate of drug-likeness (QED) is 0.750. The smallest absolute Gasteiger partial charge is 0.258 e. The van der Waals surface area contributed by atoms with Crippen LogP contribution >= 0.6 is 0 Å². The molecule has 15 heavy (non-hydrogen) atoms. The first-order valence-electron chi connectivity index (χ1n) is 4.97. The van der Waals surface area contributed by atoms with E-state index in [1.54, 1.807) is 18.3 Å². The van der Waals surface area contributed by atoms with Crippen LogP contribution in [-0.4, -0.2) is 43.4 Å². The predicted molar refractivity (Wildman–Crippen MR) is 57.0 cm³/mol. The van der Waals surface area contributed by atoms with Crippen LogP contribution in [0.4, 0.5) is 0 Å². The summed E-state index contributed by atoms with van der Waals surface area (Å²) in [5.41, 5.74) is 0. The van der Waals surface area contributed by atoms with Crippen LogP contribution in [0.3, 0.4) is 0 Å². The van der Waals surface area contributed by atoms with Crippen molar-refractivity contribution in [2.45, 2.75) is 18.0 Å². The van der Waals surface area contributed by atoms with E-state index >= 15 is 0 Å². The van der Waals surface area contributed by atoms with Gasteiger partial charge in [0.2, 0.25) is 0 Å². The molecule has 6 heteroatoms. The van der Waals surface area contributed by atoms with E-state index in [-0.39, 0.29) is 11.1 Å². The second kappa shape index (κ2) is 3.96. The molecule has 1 saturated heterocycles. The van der Waals surface area contributed by atoms with Gasteiger partial charge in [0.05, 0.1) is 0 Å². The highest BCUT2D eigenvalue weighted by molar-refractivity contribution is 7.89. The number of rotatable bonds is 2. The first-order valence-corrected chi connectivity index (χ1v) is 6.41. The summed E-state index contributed by atoms with van der Waals surface area (Å²) >= 11 is 0. The average molecular weight is 229 g/mol. The number of hydrogen-bond donors (Lipinski definition) is 2. The van der Waals surface area contributed by atoms with E-state index in [9.17, 15) is 8.42 Å². The van der Waals surface area contributed by atoms with Gasteiger partial charge in [-0.2, -0.15) is 4.31 Å². The molecule has 0 aliphatic carbocycles. The van der Waals surface area contributed by atoms with Crippen LogP contribution in [0.5, 0.6) is 0 Å². The van der Waals surface area contributed by atoms with Crippen LogP contribution in [-0.2, 0) is 10.0 Å². The minimum atomic E-state index is -3.31. The topological polar surface area (TPSA) is 65.2 Å². The molecule has 1 unspecified atom stereocenters. The third kappa shape index (κ3) is 2.06. The van der Waals surface area contributed by atoms with Crippen molar-refractivity contribution in [2.24, 2.45) is 0 Å². The Kier molecular flexibility index (Phi) is 2.81. The molecule has 1 aliphatic rings. The summed E-state index contributed by atoms with van der Waals surface area (Å²) in [6.45, 7) is 3.75. The van der Waals surface area contributed by atoms with Crippen LogP contribution in [0.15, 0.2) is 23.4 Å². The van der Waals surface area contributed by atoms with Gasteiger partial charge in [-0.1, -0.05) is 0 Å². The largest absolute Gasteiger partial charge is 0.351 e.